The van der Waals surface area contributed by atoms with Crippen molar-refractivity contribution in [2.24, 2.45) is 23.5 Å². The molecule has 2 N–H and O–H groups in total. The van der Waals surface area contributed by atoms with Gasteiger partial charge in [-0.25, -0.2) is 4.39 Å². The molecule has 1 nitrogen and oxygen atoms in total. The number of hydrogen-bond acceptors (Lipinski definition) is 1. The number of benzene rings is 1. The smallest absolute Gasteiger partial charge is 0.129 e. The number of halogens is 2. The van der Waals surface area contributed by atoms with E-state index in [0.29, 0.717) is 5.56 Å². The van der Waals surface area contributed by atoms with Crippen molar-refractivity contribution in [2.45, 2.75) is 38.1 Å². The molecule has 18 heavy (non-hydrogen) atoms. The first-order chi connectivity index (χ1) is 8.63. The molecule has 2 fully saturated rings. The molecule has 0 heterocycles. The minimum absolute atomic E-state index is 0.151. The summed E-state index contributed by atoms with van der Waals surface area (Å²) in [4.78, 5) is 0. The highest BCUT2D eigenvalue weighted by molar-refractivity contribution is 9.10. The highest BCUT2D eigenvalue weighted by Crippen LogP contribution is 2.50. The summed E-state index contributed by atoms with van der Waals surface area (Å²) in [7, 11) is 0. The molecule has 1 aromatic carbocycles. The van der Waals surface area contributed by atoms with Gasteiger partial charge in [0.05, 0.1) is 0 Å². The van der Waals surface area contributed by atoms with Crippen molar-refractivity contribution in [3.63, 3.8) is 0 Å². The predicted molar refractivity (Wildman–Crippen MR) is 74.6 cm³/mol. The van der Waals surface area contributed by atoms with Gasteiger partial charge >= 0.3 is 0 Å². The Balaban J connectivity index is 1.69. The molecule has 0 radical (unpaired) electrons. The van der Waals surface area contributed by atoms with Crippen molar-refractivity contribution >= 4 is 15.9 Å². The van der Waals surface area contributed by atoms with Crippen molar-refractivity contribution in [1.82, 2.24) is 0 Å². The quantitative estimate of drug-likeness (QED) is 0.879. The monoisotopic (exact) mass is 311 g/mol. The third-order valence-electron chi connectivity index (χ3n) is 4.80. The molecule has 2 saturated carbocycles. The lowest BCUT2D eigenvalue weighted by Gasteiger charge is -2.25. The van der Waals surface area contributed by atoms with Crippen molar-refractivity contribution in [3.05, 3.63) is 34.1 Å². The van der Waals surface area contributed by atoms with Crippen LogP contribution in [0.2, 0.25) is 0 Å². The molecule has 2 bridgehead atoms. The third kappa shape index (κ3) is 2.35. The van der Waals surface area contributed by atoms with Crippen LogP contribution in [-0.2, 0) is 0 Å². The molecule has 0 saturated heterocycles. The van der Waals surface area contributed by atoms with Gasteiger partial charge in [-0.15, -0.1) is 0 Å². The number of hydrogen-bond donors (Lipinski definition) is 1. The van der Waals surface area contributed by atoms with E-state index >= 15 is 0 Å². The van der Waals surface area contributed by atoms with Crippen LogP contribution in [0.15, 0.2) is 22.7 Å². The Labute approximate surface area is 116 Å². The fraction of sp³-hybridized carbons (Fsp3) is 0.600. The van der Waals surface area contributed by atoms with Gasteiger partial charge in [0.2, 0.25) is 0 Å². The lowest BCUT2D eigenvalue weighted by atomic mass is 9.83. The highest BCUT2D eigenvalue weighted by atomic mass is 79.9. The van der Waals surface area contributed by atoms with Crippen LogP contribution in [0.25, 0.3) is 0 Å². The molecule has 0 aromatic heterocycles. The molecule has 2 aliphatic carbocycles. The third-order valence-corrected chi connectivity index (χ3v) is 5.30. The van der Waals surface area contributed by atoms with Gasteiger partial charge in [-0.3, -0.25) is 0 Å². The maximum absolute atomic E-state index is 13.9. The van der Waals surface area contributed by atoms with E-state index in [0.717, 1.165) is 28.6 Å². The van der Waals surface area contributed by atoms with E-state index < -0.39 is 0 Å². The number of fused-ring (bicyclic) bond motifs is 2. The van der Waals surface area contributed by atoms with Gasteiger partial charge in [0.1, 0.15) is 5.82 Å². The average molecular weight is 312 g/mol. The van der Waals surface area contributed by atoms with Gasteiger partial charge in [-0.2, -0.15) is 0 Å². The summed E-state index contributed by atoms with van der Waals surface area (Å²) < 4.78 is 14.6. The summed E-state index contributed by atoms with van der Waals surface area (Å²) in [6.07, 6.45) is 6.42. The highest BCUT2D eigenvalue weighted by Gasteiger charge is 2.40. The SMILES string of the molecule is NC(CC1CC2CCC1C2)c1ccc(Br)cc1F. The van der Waals surface area contributed by atoms with E-state index in [4.69, 9.17) is 5.73 Å². The maximum Gasteiger partial charge on any atom is 0.129 e. The molecule has 3 heteroatoms. The van der Waals surface area contributed by atoms with Gasteiger partial charge in [-0.05, 0) is 55.6 Å². The van der Waals surface area contributed by atoms with E-state index in [2.05, 4.69) is 15.9 Å². The largest absolute Gasteiger partial charge is 0.324 e. The summed E-state index contributed by atoms with van der Waals surface area (Å²) in [5.41, 5.74) is 6.87. The predicted octanol–water partition coefficient (Wildman–Crippen LogP) is 4.41. The zero-order chi connectivity index (χ0) is 12.7. The molecule has 4 atom stereocenters. The van der Waals surface area contributed by atoms with Crippen LogP contribution >= 0.6 is 15.9 Å². The number of nitrogens with two attached hydrogens (primary N) is 1. The maximum atomic E-state index is 13.9. The van der Waals surface area contributed by atoms with Gasteiger partial charge < -0.3 is 5.73 Å². The van der Waals surface area contributed by atoms with Crippen LogP contribution in [-0.4, -0.2) is 0 Å². The molecule has 3 rings (SSSR count). The Hall–Kier alpha value is -0.410. The van der Waals surface area contributed by atoms with E-state index in [9.17, 15) is 4.39 Å². The Morgan fingerprint density at radius 3 is 2.78 bits per heavy atom. The lowest BCUT2D eigenvalue weighted by Crippen LogP contribution is -2.20. The van der Waals surface area contributed by atoms with Crippen LogP contribution < -0.4 is 5.73 Å². The second kappa shape index (κ2) is 4.93. The second-order valence-corrected chi connectivity index (χ2v) is 6.86. The van der Waals surface area contributed by atoms with Gasteiger partial charge in [-0.1, -0.05) is 28.4 Å². The molecule has 2 aliphatic rings. The van der Waals surface area contributed by atoms with E-state index in [1.807, 2.05) is 12.1 Å². The Morgan fingerprint density at radius 2 is 2.17 bits per heavy atom. The van der Waals surface area contributed by atoms with Gasteiger partial charge in [0, 0.05) is 16.1 Å². The van der Waals surface area contributed by atoms with Crippen LogP contribution in [0.1, 0.15) is 43.7 Å². The molecule has 0 aliphatic heterocycles. The van der Waals surface area contributed by atoms with Crippen LogP contribution in [0.3, 0.4) is 0 Å². The normalized spacial score (nSPS) is 31.8. The first kappa shape index (κ1) is 12.6. The van der Waals surface area contributed by atoms with Crippen molar-refractivity contribution < 1.29 is 4.39 Å². The van der Waals surface area contributed by atoms with E-state index in [1.54, 1.807) is 0 Å². The summed E-state index contributed by atoms with van der Waals surface area (Å²) in [6, 6.07) is 5.05. The lowest BCUT2D eigenvalue weighted by molar-refractivity contribution is 0.294. The first-order valence-corrected chi connectivity index (χ1v) is 7.63. The summed E-state index contributed by atoms with van der Waals surface area (Å²) in [5.74, 6) is 2.34. The van der Waals surface area contributed by atoms with Crippen LogP contribution in [0.5, 0.6) is 0 Å². The van der Waals surface area contributed by atoms with Crippen LogP contribution in [0.4, 0.5) is 4.39 Å². The van der Waals surface area contributed by atoms with E-state index in [1.165, 1.54) is 31.7 Å². The average Bonchev–Trinajstić information content (AvgIpc) is 2.90. The summed E-state index contributed by atoms with van der Waals surface area (Å²) in [5, 5.41) is 0. The van der Waals surface area contributed by atoms with E-state index in [-0.39, 0.29) is 11.9 Å². The van der Waals surface area contributed by atoms with Crippen molar-refractivity contribution in [3.8, 4) is 0 Å². The summed E-state index contributed by atoms with van der Waals surface area (Å²) >= 11 is 3.28. The zero-order valence-corrected chi connectivity index (χ0v) is 12.0. The minimum Gasteiger partial charge on any atom is -0.324 e. The Morgan fingerprint density at radius 1 is 1.33 bits per heavy atom. The molecular formula is C15H19BrFN. The fourth-order valence-corrected chi connectivity index (χ4v) is 4.25. The molecular weight excluding hydrogens is 293 g/mol. The molecule has 0 amide bonds. The number of rotatable bonds is 3. The second-order valence-electron chi connectivity index (χ2n) is 5.94. The Bertz CT molecular complexity index is 448. The molecule has 4 unspecified atom stereocenters. The molecule has 98 valence electrons. The zero-order valence-electron chi connectivity index (χ0n) is 10.4. The van der Waals surface area contributed by atoms with Crippen LogP contribution in [0, 0.1) is 23.6 Å². The first-order valence-electron chi connectivity index (χ1n) is 6.84. The Kier molecular flexibility index (Phi) is 3.46. The summed E-state index contributed by atoms with van der Waals surface area (Å²) in [6.45, 7) is 0. The minimum atomic E-state index is -0.181. The van der Waals surface area contributed by atoms with Gasteiger partial charge in [0.15, 0.2) is 0 Å². The van der Waals surface area contributed by atoms with Crippen molar-refractivity contribution in [1.29, 1.82) is 0 Å². The van der Waals surface area contributed by atoms with Crippen molar-refractivity contribution in [2.75, 3.05) is 0 Å². The fourth-order valence-electron chi connectivity index (χ4n) is 3.92. The van der Waals surface area contributed by atoms with Gasteiger partial charge in [0.25, 0.3) is 0 Å². The molecule has 0 spiro atoms. The standard InChI is InChI=1S/C15H19BrFN/c16-12-3-4-13(14(17)8-12)15(18)7-11-6-9-1-2-10(11)5-9/h3-4,8-11,15H,1-2,5-7,18H2. The molecule has 1 aromatic rings. The topological polar surface area (TPSA) is 26.0 Å².